The molecule has 0 aliphatic carbocycles. The Labute approximate surface area is 95.2 Å². The number of nitrogens with zero attached hydrogens (tertiary/aromatic N) is 2. The first-order valence-electron chi connectivity index (χ1n) is 4.66. The molecule has 4 N–H and O–H groups in total. The predicted molar refractivity (Wildman–Crippen MR) is 56.3 cm³/mol. The summed E-state index contributed by atoms with van der Waals surface area (Å²) in [5, 5.41) is 11.7. The van der Waals surface area contributed by atoms with Crippen molar-refractivity contribution in [1.82, 2.24) is 15.4 Å². The molecule has 0 unspecified atom stereocenters. The summed E-state index contributed by atoms with van der Waals surface area (Å²) < 4.78 is 5.11. The van der Waals surface area contributed by atoms with Gasteiger partial charge in [-0.3, -0.25) is 9.59 Å². The van der Waals surface area contributed by atoms with E-state index in [1.54, 1.807) is 13.0 Å². The zero-order valence-corrected chi connectivity index (χ0v) is 8.85. The fourth-order valence-electron chi connectivity index (χ4n) is 1.22. The molecule has 2 rings (SSSR count). The molecule has 0 aliphatic rings. The molecule has 0 fully saturated rings. The number of amides is 2. The minimum atomic E-state index is -0.787. The van der Waals surface area contributed by atoms with Crippen molar-refractivity contribution in [2.24, 2.45) is 5.73 Å². The van der Waals surface area contributed by atoms with Gasteiger partial charge < -0.3 is 15.5 Å². The van der Waals surface area contributed by atoms with Gasteiger partial charge in [-0.2, -0.15) is 5.21 Å². The average Bonchev–Trinajstić information content (AvgIpc) is 2.86. The highest BCUT2D eigenvalue weighted by Crippen LogP contribution is 2.11. The number of primary amides is 1. The van der Waals surface area contributed by atoms with Crippen LogP contribution in [0.3, 0.4) is 0 Å². The summed E-state index contributed by atoms with van der Waals surface area (Å²) in [6, 6.07) is 3.15. The smallest absolute Gasteiger partial charge is 0.292 e. The normalized spacial score (nSPS) is 10.2. The van der Waals surface area contributed by atoms with Crippen LogP contribution in [0.4, 0.5) is 5.82 Å². The van der Waals surface area contributed by atoms with E-state index in [0.29, 0.717) is 5.76 Å². The Bertz CT molecular complexity index is 571. The van der Waals surface area contributed by atoms with Crippen LogP contribution in [0.15, 0.2) is 16.5 Å². The average molecular weight is 235 g/mol. The Morgan fingerprint density at radius 3 is 2.76 bits per heavy atom. The standard InChI is InChI=1S/C9H9N5O3/c1-4-2-3-5(17-4)9(16)11-8-6(7(10)15)12-14-13-8/h2-3H,1H3,(H2,10,15)(H2,11,12,13,14,16). The number of rotatable bonds is 3. The molecule has 0 aliphatic heterocycles. The van der Waals surface area contributed by atoms with E-state index < -0.39 is 11.8 Å². The van der Waals surface area contributed by atoms with Gasteiger partial charge in [0.05, 0.1) is 0 Å². The molecule has 0 aromatic carbocycles. The molecule has 17 heavy (non-hydrogen) atoms. The number of nitrogens with one attached hydrogen (secondary N) is 2. The molecule has 2 amide bonds. The molecule has 0 atom stereocenters. The number of carbonyl (C=O) groups is 2. The molecular formula is C9H9N5O3. The van der Waals surface area contributed by atoms with E-state index in [9.17, 15) is 9.59 Å². The fraction of sp³-hybridized carbons (Fsp3) is 0.111. The van der Waals surface area contributed by atoms with Gasteiger partial charge in [0, 0.05) is 0 Å². The highest BCUT2D eigenvalue weighted by atomic mass is 16.3. The number of aryl methyl sites for hydroxylation is 1. The molecule has 2 heterocycles. The minimum absolute atomic E-state index is 0.0310. The molecule has 0 spiro atoms. The maximum atomic E-state index is 11.7. The minimum Gasteiger partial charge on any atom is -0.456 e. The molecule has 0 saturated heterocycles. The number of H-pyrrole nitrogens is 1. The van der Waals surface area contributed by atoms with Crippen molar-refractivity contribution in [2.45, 2.75) is 6.92 Å². The first-order valence-corrected chi connectivity index (χ1v) is 4.66. The van der Waals surface area contributed by atoms with Gasteiger partial charge in [-0.05, 0) is 19.1 Å². The molecule has 0 saturated carbocycles. The molecule has 8 heteroatoms. The van der Waals surface area contributed by atoms with Gasteiger partial charge in [0.1, 0.15) is 5.76 Å². The van der Waals surface area contributed by atoms with Gasteiger partial charge in [-0.25, -0.2) is 0 Å². The van der Waals surface area contributed by atoms with Crippen molar-refractivity contribution in [3.63, 3.8) is 0 Å². The quantitative estimate of drug-likeness (QED) is 0.693. The molecular weight excluding hydrogens is 226 g/mol. The van der Waals surface area contributed by atoms with E-state index in [-0.39, 0.29) is 17.3 Å². The number of furan rings is 1. The maximum absolute atomic E-state index is 11.7. The summed E-state index contributed by atoms with van der Waals surface area (Å²) in [5.74, 6) is -0.637. The molecule has 0 bridgehead atoms. The Kier molecular flexibility index (Phi) is 2.61. The maximum Gasteiger partial charge on any atom is 0.292 e. The van der Waals surface area contributed by atoms with Crippen LogP contribution in [0.25, 0.3) is 0 Å². The van der Waals surface area contributed by atoms with Crippen LogP contribution < -0.4 is 11.1 Å². The van der Waals surface area contributed by atoms with Crippen LogP contribution >= 0.6 is 0 Å². The zero-order valence-electron chi connectivity index (χ0n) is 8.85. The SMILES string of the molecule is Cc1ccc(C(=O)Nc2n[nH]nc2C(N)=O)o1. The largest absolute Gasteiger partial charge is 0.456 e. The molecule has 0 radical (unpaired) electrons. The lowest BCUT2D eigenvalue weighted by Crippen LogP contribution is -2.18. The number of aromatic nitrogens is 3. The molecule has 2 aromatic rings. The van der Waals surface area contributed by atoms with E-state index in [0.717, 1.165) is 0 Å². The van der Waals surface area contributed by atoms with Crippen molar-refractivity contribution in [3.05, 3.63) is 29.3 Å². The first-order chi connectivity index (χ1) is 8.08. The van der Waals surface area contributed by atoms with Gasteiger partial charge in [0.15, 0.2) is 17.3 Å². The highest BCUT2D eigenvalue weighted by molar-refractivity contribution is 6.05. The van der Waals surface area contributed by atoms with Crippen molar-refractivity contribution in [2.75, 3.05) is 5.32 Å². The lowest BCUT2D eigenvalue weighted by Gasteiger charge is -1.99. The number of aromatic amines is 1. The Balaban J connectivity index is 2.18. The van der Waals surface area contributed by atoms with Gasteiger partial charge in [-0.15, -0.1) is 10.2 Å². The van der Waals surface area contributed by atoms with Gasteiger partial charge >= 0.3 is 0 Å². The fourth-order valence-corrected chi connectivity index (χ4v) is 1.22. The van der Waals surface area contributed by atoms with Crippen LogP contribution in [0.5, 0.6) is 0 Å². The van der Waals surface area contributed by atoms with Crippen LogP contribution in [0, 0.1) is 6.92 Å². The lowest BCUT2D eigenvalue weighted by molar-refractivity contribution is 0.0995. The van der Waals surface area contributed by atoms with Crippen LogP contribution in [0.1, 0.15) is 26.8 Å². The molecule has 2 aromatic heterocycles. The van der Waals surface area contributed by atoms with Gasteiger partial charge in [0.2, 0.25) is 0 Å². The van der Waals surface area contributed by atoms with E-state index >= 15 is 0 Å². The summed E-state index contributed by atoms with van der Waals surface area (Å²) in [5.41, 5.74) is 4.90. The van der Waals surface area contributed by atoms with E-state index in [2.05, 4.69) is 20.7 Å². The Morgan fingerprint density at radius 2 is 2.18 bits per heavy atom. The van der Waals surface area contributed by atoms with E-state index in [1.807, 2.05) is 0 Å². The topological polar surface area (TPSA) is 127 Å². The second-order valence-corrected chi connectivity index (χ2v) is 3.25. The van der Waals surface area contributed by atoms with Gasteiger partial charge in [0.25, 0.3) is 11.8 Å². The predicted octanol–water partition coefficient (Wildman–Crippen LogP) is 0.0573. The van der Waals surface area contributed by atoms with E-state index in [1.165, 1.54) is 6.07 Å². The van der Waals surface area contributed by atoms with Crippen molar-refractivity contribution >= 4 is 17.6 Å². The lowest BCUT2D eigenvalue weighted by atomic mass is 10.3. The number of hydrogen-bond acceptors (Lipinski definition) is 5. The number of carbonyl (C=O) groups excluding carboxylic acids is 2. The van der Waals surface area contributed by atoms with Gasteiger partial charge in [-0.1, -0.05) is 0 Å². The Hall–Kier alpha value is -2.64. The van der Waals surface area contributed by atoms with Crippen molar-refractivity contribution in [3.8, 4) is 0 Å². The summed E-state index contributed by atoms with van der Waals surface area (Å²) in [7, 11) is 0. The molecule has 88 valence electrons. The third-order valence-corrected chi connectivity index (χ3v) is 1.98. The summed E-state index contributed by atoms with van der Waals surface area (Å²) in [4.78, 5) is 22.6. The first kappa shape index (κ1) is 10.9. The van der Waals surface area contributed by atoms with Crippen LogP contribution in [0.2, 0.25) is 0 Å². The summed E-state index contributed by atoms with van der Waals surface area (Å²) >= 11 is 0. The second kappa shape index (κ2) is 4.08. The summed E-state index contributed by atoms with van der Waals surface area (Å²) in [6.07, 6.45) is 0. The van der Waals surface area contributed by atoms with Crippen molar-refractivity contribution < 1.29 is 14.0 Å². The summed E-state index contributed by atoms with van der Waals surface area (Å²) in [6.45, 7) is 1.71. The second-order valence-electron chi connectivity index (χ2n) is 3.25. The van der Waals surface area contributed by atoms with E-state index in [4.69, 9.17) is 10.2 Å². The van der Waals surface area contributed by atoms with Crippen molar-refractivity contribution in [1.29, 1.82) is 0 Å². The highest BCUT2D eigenvalue weighted by Gasteiger charge is 2.18. The van der Waals surface area contributed by atoms with Crippen LogP contribution in [-0.2, 0) is 0 Å². The zero-order chi connectivity index (χ0) is 12.4. The number of nitrogens with two attached hydrogens (primary N) is 1. The monoisotopic (exact) mass is 235 g/mol. The number of anilines is 1. The third-order valence-electron chi connectivity index (χ3n) is 1.98. The molecule has 8 nitrogen and oxygen atoms in total. The third kappa shape index (κ3) is 2.14. The van der Waals surface area contributed by atoms with Crippen LogP contribution in [-0.4, -0.2) is 27.2 Å². The number of hydrogen-bond donors (Lipinski definition) is 3. The Morgan fingerprint density at radius 1 is 1.41 bits per heavy atom.